The molecule has 6 heteroatoms. The molecule has 1 aromatic heterocycles. The molecule has 0 fully saturated rings. The van der Waals surface area contributed by atoms with E-state index in [2.05, 4.69) is 10.3 Å². The number of aliphatic carboxylic acids is 1. The number of hydrogen-bond donors (Lipinski definition) is 3. The van der Waals surface area contributed by atoms with Gasteiger partial charge in [0.05, 0.1) is 29.9 Å². The Balaban J connectivity index is 2.27. The zero-order valence-corrected chi connectivity index (χ0v) is 11.6. The van der Waals surface area contributed by atoms with Crippen LogP contribution < -0.4 is 5.32 Å². The van der Waals surface area contributed by atoms with Crippen LogP contribution in [0.5, 0.6) is 0 Å². The van der Waals surface area contributed by atoms with Gasteiger partial charge in [-0.3, -0.25) is 4.79 Å². The number of rotatable bonds is 6. The minimum absolute atomic E-state index is 0.130. The van der Waals surface area contributed by atoms with E-state index < -0.39 is 18.1 Å². The highest BCUT2D eigenvalue weighted by atomic mass is 16.4. The molecular weight excluding hydrogens is 258 g/mol. The highest BCUT2D eigenvalue weighted by molar-refractivity contribution is 5.76. The van der Waals surface area contributed by atoms with Crippen molar-refractivity contribution in [2.75, 3.05) is 6.54 Å². The summed E-state index contributed by atoms with van der Waals surface area (Å²) in [6, 6.07) is 4.97. The van der Waals surface area contributed by atoms with Gasteiger partial charge in [0.2, 0.25) is 0 Å². The quantitative estimate of drug-likeness (QED) is 0.735. The zero-order valence-electron chi connectivity index (χ0n) is 11.6. The summed E-state index contributed by atoms with van der Waals surface area (Å²) in [6.45, 7) is 2.48. The van der Waals surface area contributed by atoms with Gasteiger partial charge in [0.15, 0.2) is 0 Å². The molecule has 6 nitrogen and oxygen atoms in total. The van der Waals surface area contributed by atoms with Gasteiger partial charge in [-0.05, 0) is 24.2 Å². The Kier molecular flexibility index (Phi) is 4.36. The molecule has 1 heterocycles. The van der Waals surface area contributed by atoms with Crippen LogP contribution in [0.4, 0.5) is 0 Å². The molecule has 3 N–H and O–H groups in total. The third kappa shape index (κ3) is 2.97. The minimum atomic E-state index is -0.936. The van der Waals surface area contributed by atoms with E-state index in [9.17, 15) is 9.90 Å². The largest absolute Gasteiger partial charge is 0.481 e. The predicted octanol–water partition coefficient (Wildman–Crippen LogP) is 1.06. The van der Waals surface area contributed by atoms with Crippen molar-refractivity contribution in [3.05, 3.63) is 30.1 Å². The van der Waals surface area contributed by atoms with Crippen molar-refractivity contribution in [1.82, 2.24) is 14.9 Å². The number of benzene rings is 1. The molecular formula is C14H19N3O3. The standard InChI is InChI=1S/C14H19N3O3/c1-3-15-11(7-13(18)19)14(20)9-4-5-12-10(6-9)16-8-17(12)2/h4-6,8,11,14-15,20H,3,7H2,1-2H3,(H,18,19). The zero-order chi connectivity index (χ0) is 14.7. The Hall–Kier alpha value is -1.92. The van der Waals surface area contributed by atoms with Gasteiger partial charge in [0.25, 0.3) is 0 Å². The number of aliphatic hydroxyl groups excluding tert-OH is 1. The Morgan fingerprint density at radius 1 is 1.50 bits per heavy atom. The lowest BCUT2D eigenvalue weighted by atomic mass is 9.99. The molecule has 2 unspecified atom stereocenters. The first-order valence-electron chi connectivity index (χ1n) is 6.57. The van der Waals surface area contributed by atoms with Gasteiger partial charge in [-0.25, -0.2) is 4.98 Å². The number of aliphatic hydroxyl groups is 1. The van der Waals surface area contributed by atoms with Crippen molar-refractivity contribution < 1.29 is 15.0 Å². The summed E-state index contributed by atoms with van der Waals surface area (Å²) in [7, 11) is 1.90. The number of carboxylic acids is 1. The van der Waals surface area contributed by atoms with Crippen LogP contribution >= 0.6 is 0 Å². The first kappa shape index (κ1) is 14.5. The fourth-order valence-corrected chi connectivity index (χ4v) is 2.32. The SMILES string of the molecule is CCNC(CC(=O)O)C(O)c1ccc2c(c1)ncn2C. The summed E-state index contributed by atoms with van der Waals surface area (Å²) in [5.74, 6) is -0.936. The number of nitrogens with zero attached hydrogens (tertiary/aromatic N) is 2. The average Bonchev–Trinajstić information content (AvgIpc) is 2.78. The number of fused-ring (bicyclic) bond motifs is 1. The Labute approximate surface area is 117 Å². The van der Waals surface area contributed by atoms with E-state index >= 15 is 0 Å². The number of carbonyl (C=O) groups is 1. The molecule has 2 aromatic rings. The van der Waals surface area contributed by atoms with Crippen LogP contribution in [0.1, 0.15) is 25.0 Å². The van der Waals surface area contributed by atoms with Crippen LogP contribution in [0.2, 0.25) is 0 Å². The Bertz CT molecular complexity index is 609. The summed E-state index contributed by atoms with van der Waals surface area (Å²) in [5.41, 5.74) is 2.43. The molecule has 0 saturated heterocycles. The maximum Gasteiger partial charge on any atom is 0.305 e. The molecule has 2 atom stereocenters. The average molecular weight is 277 g/mol. The van der Waals surface area contributed by atoms with Crippen LogP contribution in [-0.4, -0.2) is 38.3 Å². The van der Waals surface area contributed by atoms with Crippen molar-refractivity contribution in [2.45, 2.75) is 25.5 Å². The van der Waals surface area contributed by atoms with Gasteiger partial charge in [0, 0.05) is 13.1 Å². The van der Waals surface area contributed by atoms with Gasteiger partial charge >= 0.3 is 5.97 Å². The summed E-state index contributed by atoms with van der Waals surface area (Å²) >= 11 is 0. The first-order chi connectivity index (χ1) is 9.52. The molecule has 0 bridgehead atoms. The lowest BCUT2D eigenvalue weighted by molar-refractivity contribution is -0.138. The molecule has 0 spiro atoms. The number of aryl methyl sites for hydroxylation is 1. The molecule has 0 aliphatic heterocycles. The third-order valence-corrected chi connectivity index (χ3v) is 3.33. The molecule has 0 amide bonds. The number of aromatic nitrogens is 2. The summed E-state index contributed by atoms with van der Waals surface area (Å²) in [6.07, 6.45) is 0.701. The van der Waals surface area contributed by atoms with Gasteiger partial charge in [-0.1, -0.05) is 13.0 Å². The highest BCUT2D eigenvalue weighted by Crippen LogP contribution is 2.23. The van der Waals surface area contributed by atoms with Gasteiger partial charge in [-0.2, -0.15) is 0 Å². The lowest BCUT2D eigenvalue weighted by Crippen LogP contribution is -2.36. The summed E-state index contributed by atoms with van der Waals surface area (Å²) < 4.78 is 1.89. The Morgan fingerprint density at radius 2 is 2.25 bits per heavy atom. The molecule has 0 aliphatic carbocycles. The van der Waals surface area contributed by atoms with Crippen molar-refractivity contribution in [2.24, 2.45) is 7.05 Å². The predicted molar refractivity (Wildman–Crippen MR) is 75.4 cm³/mol. The van der Waals surface area contributed by atoms with Crippen LogP contribution in [0.3, 0.4) is 0 Å². The van der Waals surface area contributed by atoms with E-state index in [4.69, 9.17) is 5.11 Å². The van der Waals surface area contributed by atoms with E-state index in [1.54, 1.807) is 18.5 Å². The molecule has 0 radical (unpaired) electrons. The van der Waals surface area contributed by atoms with Gasteiger partial charge < -0.3 is 20.1 Å². The van der Waals surface area contributed by atoms with Gasteiger partial charge in [-0.15, -0.1) is 0 Å². The van der Waals surface area contributed by atoms with Gasteiger partial charge in [0.1, 0.15) is 0 Å². The summed E-state index contributed by atoms with van der Waals surface area (Å²) in [5, 5.41) is 22.3. The van der Waals surface area contributed by atoms with Crippen molar-refractivity contribution in [3.8, 4) is 0 Å². The van der Waals surface area contributed by atoms with E-state index in [-0.39, 0.29) is 6.42 Å². The molecule has 0 saturated carbocycles. The third-order valence-electron chi connectivity index (χ3n) is 3.33. The monoisotopic (exact) mass is 277 g/mol. The number of carboxylic acid groups (broad SMARTS) is 1. The molecule has 108 valence electrons. The normalized spacial score (nSPS) is 14.3. The van der Waals surface area contributed by atoms with Crippen LogP contribution in [0, 0.1) is 0 Å². The fraction of sp³-hybridized carbons (Fsp3) is 0.429. The maximum atomic E-state index is 10.9. The minimum Gasteiger partial charge on any atom is -0.481 e. The van der Waals surface area contributed by atoms with Crippen LogP contribution in [-0.2, 0) is 11.8 Å². The lowest BCUT2D eigenvalue weighted by Gasteiger charge is -2.22. The number of hydrogen-bond acceptors (Lipinski definition) is 4. The van der Waals surface area contributed by atoms with E-state index in [0.717, 1.165) is 11.0 Å². The number of nitrogens with one attached hydrogen (secondary N) is 1. The molecule has 0 aliphatic rings. The topological polar surface area (TPSA) is 87.4 Å². The number of likely N-dealkylation sites (N-methyl/N-ethyl adjacent to an activating group) is 1. The molecule has 2 rings (SSSR count). The van der Waals surface area contributed by atoms with E-state index in [0.29, 0.717) is 12.1 Å². The Morgan fingerprint density at radius 3 is 2.90 bits per heavy atom. The second-order valence-corrected chi connectivity index (χ2v) is 4.81. The smallest absolute Gasteiger partial charge is 0.305 e. The maximum absolute atomic E-state index is 10.9. The van der Waals surface area contributed by atoms with Crippen molar-refractivity contribution in [3.63, 3.8) is 0 Å². The van der Waals surface area contributed by atoms with E-state index in [1.807, 2.05) is 24.6 Å². The van der Waals surface area contributed by atoms with E-state index in [1.165, 1.54) is 0 Å². The number of imidazole rings is 1. The molecule has 1 aromatic carbocycles. The second kappa shape index (κ2) is 6.02. The van der Waals surface area contributed by atoms with Crippen molar-refractivity contribution in [1.29, 1.82) is 0 Å². The fourth-order valence-electron chi connectivity index (χ4n) is 2.32. The first-order valence-corrected chi connectivity index (χ1v) is 6.57. The molecule has 20 heavy (non-hydrogen) atoms. The van der Waals surface area contributed by atoms with Crippen LogP contribution in [0.25, 0.3) is 11.0 Å². The summed E-state index contributed by atoms with van der Waals surface area (Å²) in [4.78, 5) is 15.1. The van der Waals surface area contributed by atoms with Crippen molar-refractivity contribution >= 4 is 17.0 Å². The second-order valence-electron chi connectivity index (χ2n) is 4.81. The van der Waals surface area contributed by atoms with Crippen LogP contribution in [0.15, 0.2) is 24.5 Å². The highest BCUT2D eigenvalue weighted by Gasteiger charge is 2.23.